The van der Waals surface area contributed by atoms with Crippen LogP contribution in [0.5, 0.6) is 0 Å². The first-order valence-corrected chi connectivity index (χ1v) is 6.33. The Labute approximate surface area is 108 Å². The Morgan fingerprint density at radius 1 is 1.53 bits per heavy atom. The third-order valence-electron chi connectivity index (χ3n) is 2.95. The van der Waals surface area contributed by atoms with E-state index in [4.69, 9.17) is 5.26 Å². The molecular formula is C12H12BrN3O. The van der Waals surface area contributed by atoms with E-state index in [1.165, 1.54) is 0 Å². The molecule has 1 N–H and O–H groups in total. The second kappa shape index (κ2) is 5.28. The highest BCUT2D eigenvalue weighted by molar-refractivity contribution is 9.10. The molecule has 1 aromatic rings. The van der Waals surface area contributed by atoms with Gasteiger partial charge < -0.3 is 5.32 Å². The van der Waals surface area contributed by atoms with Crippen LogP contribution in [-0.4, -0.2) is 16.9 Å². The van der Waals surface area contributed by atoms with Crippen molar-refractivity contribution < 1.29 is 4.79 Å². The fraction of sp³-hybridized carbons (Fsp3) is 0.417. The van der Waals surface area contributed by atoms with Crippen molar-refractivity contribution in [1.82, 2.24) is 10.3 Å². The molecule has 1 fully saturated rings. The third-order valence-corrected chi connectivity index (χ3v) is 3.39. The Bertz CT molecular complexity index is 469. The summed E-state index contributed by atoms with van der Waals surface area (Å²) < 4.78 is 0.633. The van der Waals surface area contributed by atoms with E-state index >= 15 is 0 Å². The van der Waals surface area contributed by atoms with Gasteiger partial charge in [-0.15, -0.1) is 0 Å². The van der Waals surface area contributed by atoms with Gasteiger partial charge in [0.15, 0.2) is 0 Å². The molecule has 2 unspecified atom stereocenters. The lowest BCUT2D eigenvalue weighted by Crippen LogP contribution is -2.37. The number of hydrogen-bond donors (Lipinski definition) is 1. The first kappa shape index (κ1) is 12.1. The molecule has 17 heavy (non-hydrogen) atoms. The summed E-state index contributed by atoms with van der Waals surface area (Å²) in [6.07, 6.45) is 2.74. The molecule has 1 aliphatic carbocycles. The molecule has 1 heterocycles. The van der Waals surface area contributed by atoms with Crippen molar-refractivity contribution in [3.8, 4) is 6.07 Å². The number of hydrogen-bond acceptors (Lipinski definition) is 3. The fourth-order valence-corrected chi connectivity index (χ4v) is 2.41. The zero-order valence-corrected chi connectivity index (χ0v) is 10.8. The maximum atomic E-state index is 11.9. The van der Waals surface area contributed by atoms with Crippen LogP contribution in [0.3, 0.4) is 0 Å². The van der Waals surface area contributed by atoms with Gasteiger partial charge in [-0.2, -0.15) is 5.26 Å². The maximum absolute atomic E-state index is 11.9. The minimum absolute atomic E-state index is 0.0340. The van der Waals surface area contributed by atoms with Crippen LogP contribution in [0.1, 0.15) is 29.8 Å². The van der Waals surface area contributed by atoms with Crippen LogP contribution in [0.25, 0.3) is 0 Å². The second-order valence-corrected chi connectivity index (χ2v) is 4.90. The molecular weight excluding hydrogens is 282 g/mol. The first-order chi connectivity index (χ1) is 8.20. The molecule has 1 saturated carbocycles. The van der Waals surface area contributed by atoms with Crippen LogP contribution >= 0.6 is 15.9 Å². The smallest absolute Gasteiger partial charge is 0.270 e. The quantitative estimate of drug-likeness (QED) is 0.851. The predicted octanol–water partition coefficient (Wildman–Crippen LogP) is 2.27. The molecule has 0 aliphatic heterocycles. The SMILES string of the molecule is N#CC1CCCC1NC(=O)c1cccc(Br)n1. The van der Waals surface area contributed by atoms with E-state index in [-0.39, 0.29) is 17.9 Å². The van der Waals surface area contributed by atoms with Gasteiger partial charge in [0.2, 0.25) is 0 Å². The molecule has 5 heteroatoms. The maximum Gasteiger partial charge on any atom is 0.270 e. The van der Waals surface area contributed by atoms with E-state index in [1.807, 2.05) is 0 Å². The van der Waals surface area contributed by atoms with E-state index in [0.29, 0.717) is 10.3 Å². The summed E-state index contributed by atoms with van der Waals surface area (Å²) in [7, 11) is 0. The van der Waals surface area contributed by atoms with Gasteiger partial charge in [0.25, 0.3) is 5.91 Å². The molecule has 0 spiro atoms. The van der Waals surface area contributed by atoms with Crippen LogP contribution in [0.15, 0.2) is 22.8 Å². The van der Waals surface area contributed by atoms with Gasteiger partial charge in [-0.25, -0.2) is 4.98 Å². The largest absolute Gasteiger partial charge is 0.347 e. The van der Waals surface area contributed by atoms with Gasteiger partial charge in [-0.05, 0) is 47.3 Å². The van der Waals surface area contributed by atoms with E-state index in [0.717, 1.165) is 19.3 Å². The number of aromatic nitrogens is 1. The lowest BCUT2D eigenvalue weighted by molar-refractivity contribution is 0.0927. The summed E-state index contributed by atoms with van der Waals surface area (Å²) in [4.78, 5) is 16.0. The Morgan fingerprint density at radius 2 is 2.35 bits per heavy atom. The molecule has 2 rings (SSSR count). The van der Waals surface area contributed by atoms with Gasteiger partial charge in [0.1, 0.15) is 10.3 Å². The average molecular weight is 294 g/mol. The van der Waals surface area contributed by atoms with Crippen LogP contribution in [0.4, 0.5) is 0 Å². The van der Waals surface area contributed by atoms with Crippen molar-refractivity contribution in [3.05, 3.63) is 28.5 Å². The van der Waals surface area contributed by atoms with Crippen molar-refractivity contribution in [3.63, 3.8) is 0 Å². The molecule has 1 amide bonds. The highest BCUT2D eigenvalue weighted by Gasteiger charge is 2.28. The molecule has 4 nitrogen and oxygen atoms in total. The van der Waals surface area contributed by atoms with E-state index in [2.05, 4.69) is 32.3 Å². The van der Waals surface area contributed by atoms with Crippen LogP contribution in [0.2, 0.25) is 0 Å². The van der Waals surface area contributed by atoms with E-state index < -0.39 is 0 Å². The van der Waals surface area contributed by atoms with Crippen molar-refractivity contribution in [2.75, 3.05) is 0 Å². The van der Waals surface area contributed by atoms with Crippen LogP contribution in [-0.2, 0) is 0 Å². The molecule has 0 bridgehead atoms. The monoisotopic (exact) mass is 293 g/mol. The number of carbonyl (C=O) groups excluding carboxylic acids is 1. The van der Waals surface area contributed by atoms with Gasteiger partial charge in [-0.1, -0.05) is 6.07 Å². The topological polar surface area (TPSA) is 65.8 Å². The number of carbonyl (C=O) groups is 1. The summed E-state index contributed by atoms with van der Waals surface area (Å²) in [5.74, 6) is -0.274. The number of pyridine rings is 1. The van der Waals surface area contributed by atoms with Crippen molar-refractivity contribution >= 4 is 21.8 Å². The minimum atomic E-state index is -0.210. The number of nitrogens with one attached hydrogen (secondary N) is 1. The normalized spacial score (nSPS) is 23.1. The number of nitriles is 1. The number of halogens is 1. The average Bonchev–Trinajstić information content (AvgIpc) is 2.76. The molecule has 0 aromatic carbocycles. The molecule has 2 atom stereocenters. The summed E-state index contributed by atoms with van der Waals surface area (Å²) in [6, 6.07) is 7.40. The second-order valence-electron chi connectivity index (χ2n) is 4.09. The Kier molecular flexibility index (Phi) is 3.75. The standard InChI is InChI=1S/C12H12BrN3O/c13-11-6-2-5-10(15-11)12(17)16-9-4-1-3-8(9)7-14/h2,5-6,8-9H,1,3-4H2,(H,16,17). The highest BCUT2D eigenvalue weighted by atomic mass is 79.9. The zero-order chi connectivity index (χ0) is 12.3. The molecule has 88 valence electrons. The van der Waals surface area contributed by atoms with Crippen LogP contribution < -0.4 is 5.32 Å². The lowest BCUT2D eigenvalue weighted by Gasteiger charge is -2.15. The third kappa shape index (κ3) is 2.83. The summed E-state index contributed by atoms with van der Waals surface area (Å²) in [5, 5.41) is 11.8. The van der Waals surface area contributed by atoms with Gasteiger partial charge in [0.05, 0.1) is 12.0 Å². The Hall–Kier alpha value is -1.41. The summed E-state index contributed by atoms with van der Waals surface area (Å²) in [6.45, 7) is 0. The minimum Gasteiger partial charge on any atom is -0.347 e. The zero-order valence-electron chi connectivity index (χ0n) is 9.19. The predicted molar refractivity (Wildman–Crippen MR) is 66.1 cm³/mol. The summed E-state index contributed by atoms with van der Waals surface area (Å²) in [5.41, 5.74) is 0.378. The Balaban J connectivity index is 2.05. The fourth-order valence-electron chi connectivity index (χ4n) is 2.06. The van der Waals surface area contributed by atoms with Crippen molar-refractivity contribution in [1.29, 1.82) is 5.26 Å². The Morgan fingerprint density at radius 3 is 3.06 bits per heavy atom. The van der Waals surface area contributed by atoms with Gasteiger partial charge in [0, 0.05) is 6.04 Å². The number of nitrogens with zero attached hydrogens (tertiary/aromatic N) is 2. The van der Waals surface area contributed by atoms with E-state index in [9.17, 15) is 4.79 Å². The van der Waals surface area contributed by atoms with Gasteiger partial charge in [-0.3, -0.25) is 4.79 Å². The molecule has 0 radical (unpaired) electrons. The highest BCUT2D eigenvalue weighted by Crippen LogP contribution is 2.25. The molecule has 1 aliphatic rings. The van der Waals surface area contributed by atoms with Crippen LogP contribution in [0, 0.1) is 17.2 Å². The van der Waals surface area contributed by atoms with Crippen molar-refractivity contribution in [2.45, 2.75) is 25.3 Å². The van der Waals surface area contributed by atoms with Gasteiger partial charge >= 0.3 is 0 Å². The molecule has 0 saturated heterocycles. The van der Waals surface area contributed by atoms with Crippen molar-refractivity contribution in [2.24, 2.45) is 5.92 Å². The number of amides is 1. The summed E-state index contributed by atoms with van der Waals surface area (Å²) >= 11 is 3.23. The van der Waals surface area contributed by atoms with E-state index in [1.54, 1.807) is 18.2 Å². The lowest BCUT2D eigenvalue weighted by atomic mass is 10.1. The number of rotatable bonds is 2. The first-order valence-electron chi connectivity index (χ1n) is 5.54. The molecule has 1 aromatic heterocycles.